The summed E-state index contributed by atoms with van der Waals surface area (Å²) in [5.74, 6) is -1.07. The highest BCUT2D eigenvalue weighted by molar-refractivity contribution is 6.17. The summed E-state index contributed by atoms with van der Waals surface area (Å²) in [5, 5.41) is 2.64. The number of rotatable bonds is 4. The zero-order valence-electron chi connectivity index (χ0n) is 15.1. The van der Waals surface area contributed by atoms with Crippen LogP contribution in [0.4, 0.5) is 29.3 Å². The second-order valence-corrected chi connectivity index (χ2v) is 6.95. The van der Waals surface area contributed by atoms with Gasteiger partial charge in [-0.1, -0.05) is 0 Å². The predicted molar refractivity (Wildman–Crippen MR) is 94.9 cm³/mol. The van der Waals surface area contributed by atoms with Crippen LogP contribution in [0.2, 0.25) is 0 Å². The molecule has 1 fully saturated rings. The number of urea groups is 1. The molecule has 3 rings (SSSR count). The standard InChI is InChI=1S/C18H17F3N4O3/c1-17(2)15(26)25(16(27)24-17,10-11-5-7-23-8-6-11)12-3-4-14(13(22)9-12)28-18(19,20)21/h3-9H,10,22H2,1-2H3/p+1. The average molecular weight is 395 g/mol. The van der Waals surface area contributed by atoms with E-state index in [2.05, 4.69) is 15.0 Å². The largest absolute Gasteiger partial charge is 0.573 e. The Morgan fingerprint density at radius 2 is 1.82 bits per heavy atom. The fraction of sp³-hybridized carbons (Fsp3) is 0.278. The van der Waals surface area contributed by atoms with Gasteiger partial charge in [0.15, 0.2) is 17.0 Å². The number of halogens is 3. The van der Waals surface area contributed by atoms with Gasteiger partial charge in [-0.05, 0) is 32.0 Å². The summed E-state index contributed by atoms with van der Waals surface area (Å²) in [6.07, 6.45) is -1.88. The summed E-state index contributed by atoms with van der Waals surface area (Å²) < 4.78 is 40.6. The third-order valence-electron chi connectivity index (χ3n) is 4.48. The molecule has 1 aliphatic rings. The van der Waals surface area contributed by atoms with Gasteiger partial charge in [0.25, 0.3) is 0 Å². The lowest BCUT2D eigenvalue weighted by molar-refractivity contribution is -0.274. The molecular weight excluding hydrogens is 377 g/mol. The van der Waals surface area contributed by atoms with E-state index in [4.69, 9.17) is 5.73 Å². The minimum atomic E-state index is -4.91. The van der Waals surface area contributed by atoms with Crippen molar-refractivity contribution in [3.63, 3.8) is 0 Å². The van der Waals surface area contributed by atoms with E-state index in [1.54, 1.807) is 26.0 Å². The van der Waals surface area contributed by atoms with Crippen molar-refractivity contribution < 1.29 is 27.5 Å². The van der Waals surface area contributed by atoms with Gasteiger partial charge in [-0.15, -0.1) is 17.7 Å². The van der Waals surface area contributed by atoms with Gasteiger partial charge in [-0.3, -0.25) is 10.3 Å². The summed E-state index contributed by atoms with van der Waals surface area (Å²) in [6.45, 7) is 3.07. The second-order valence-electron chi connectivity index (χ2n) is 6.95. The highest BCUT2D eigenvalue weighted by Gasteiger charge is 2.61. The number of imide groups is 1. The number of hydrogen-bond acceptors (Lipinski definition) is 5. The predicted octanol–water partition coefficient (Wildman–Crippen LogP) is 3.10. The van der Waals surface area contributed by atoms with Gasteiger partial charge in [0, 0.05) is 30.1 Å². The van der Waals surface area contributed by atoms with Crippen LogP contribution in [0.1, 0.15) is 19.4 Å². The molecule has 1 atom stereocenters. The Balaban J connectivity index is 2.12. The van der Waals surface area contributed by atoms with E-state index >= 15 is 0 Å². The van der Waals surface area contributed by atoms with E-state index in [1.165, 1.54) is 18.5 Å². The Bertz CT molecular complexity index is 931. The first-order chi connectivity index (χ1) is 13.0. The molecule has 0 aliphatic carbocycles. The lowest BCUT2D eigenvalue weighted by Gasteiger charge is -2.28. The van der Waals surface area contributed by atoms with Crippen LogP contribution >= 0.6 is 0 Å². The smallest absolute Gasteiger partial charge is 0.404 e. The number of alkyl halides is 3. The Kier molecular flexibility index (Phi) is 4.54. The molecule has 1 aliphatic heterocycles. The van der Waals surface area contributed by atoms with Crippen molar-refractivity contribution in [2.24, 2.45) is 0 Å². The van der Waals surface area contributed by atoms with Gasteiger partial charge in [-0.25, -0.2) is 9.59 Å². The normalized spacial score (nSPS) is 21.5. The number of anilines is 1. The fourth-order valence-corrected chi connectivity index (χ4v) is 3.21. The van der Waals surface area contributed by atoms with E-state index in [0.717, 1.165) is 12.1 Å². The van der Waals surface area contributed by atoms with Crippen molar-refractivity contribution >= 4 is 23.3 Å². The van der Waals surface area contributed by atoms with Crippen molar-refractivity contribution in [3.05, 3.63) is 48.3 Å². The maximum Gasteiger partial charge on any atom is 0.573 e. The molecule has 28 heavy (non-hydrogen) atoms. The van der Waals surface area contributed by atoms with E-state index in [-0.39, 0.29) is 17.9 Å². The van der Waals surface area contributed by atoms with E-state index in [0.29, 0.717) is 5.56 Å². The Morgan fingerprint density at radius 1 is 1.18 bits per heavy atom. The maximum absolute atomic E-state index is 13.2. The number of ether oxygens (including phenoxy) is 1. The molecule has 0 spiro atoms. The number of nitrogens with two attached hydrogens (primary N) is 1. The van der Waals surface area contributed by atoms with Gasteiger partial charge in [-0.2, -0.15) is 0 Å². The SMILES string of the molecule is CC1(C)NC(=O)[N+](Cc2ccncc2)(c2ccc(OC(F)(F)F)c(N)c2)C1=O. The number of carbonyl (C=O) groups excluding carboxylic acids is 2. The maximum atomic E-state index is 13.2. The number of benzene rings is 1. The van der Waals surface area contributed by atoms with Crippen molar-refractivity contribution in [2.75, 3.05) is 5.73 Å². The first-order valence-corrected chi connectivity index (χ1v) is 8.26. The third kappa shape index (κ3) is 3.38. The summed E-state index contributed by atoms with van der Waals surface area (Å²) in [5.41, 5.74) is 4.99. The molecule has 0 radical (unpaired) electrons. The lowest BCUT2D eigenvalue weighted by Crippen LogP contribution is -2.55. The van der Waals surface area contributed by atoms with Crippen LogP contribution in [0.3, 0.4) is 0 Å². The van der Waals surface area contributed by atoms with Crippen molar-refractivity contribution in [1.82, 2.24) is 14.8 Å². The summed E-state index contributed by atoms with van der Waals surface area (Å²) in [7, 11) is 0. The fourth-order valence-electron chi connectivity index (χ4n) is 3.21. The average Bonchev–Trinajstić information content (AvgIpc) is 2.76. The van der Waals surface area contributed by atoms with E-state index in [9.17, 15) is 22.8 Å². The second kappa shape index (κ2) is 6.48. The number of hydrogen-bond donors (Lipinski definition) is 2. The quantitative estimate of drug-likeness (QED) is 0.471. The van der Waals surface area contributed by atoms with Crippen LogP contribution in [0, 0.1) is 0 Å². The van der Waals surface area contributed by atoms with Crippen LogP contribution in [-0.2, 0) is 11.3 Å². The Morgan fingerprint density at radius 3 is 2.32 bits per heavy atom. The summed E-state index contributed by atoms with van der Waals surface area (Å²) in [4.78, 5) is 30.0. The molecule has 1 aromatic heterocycles. The first kappa shape index (κ1) is 19.6. The van der Waals surface area contributed by atoms with Crippen LogP contribution in [0.5, 0.6) is 5.75 Å². The molecule has 7 nitrogen and oxygen atoms in total. The number of amides is 3. The van der Waals surface area contributed by atoms with Crippen LogP contribution in [0.15, 0.2) is 42.7 Å². The minimum Gasteiger partial charge on any atom is -0.404 e. The zero-order valence-corrected chi connectivity index (χ0v) is 15.1. The molecule has 0 saturated carbocycles. The van der Waals surface area contributed by atoms with Crippen LogP contribution < -0.4 is 20.3 Å². The van der Waals surface area contributed by atoms with Crippen LogP contribution in [0.25, 0.3) is 0 Å². The number of carbonyl (C=O) groups is 2. The third-order valence-corrected chi connectivity index (χ3v) is 4.48. The van der Waals surface area contributed by atoms with Crippen molar-refractivity contribution in [1.29, 1.82) is 0 Å². The molecule has 1 unspecified atom stereocenters. The lowest BCUT2D eigenvalue weighted by atomic mass is 10.0. The van der Waals surface area contributed by atoms with E-state index < -0.39 is 34.1 Å². The summed E-state index contributed by atoms with van der Waals surface area (Å²) >= 11 is 0. The number of nitrogen functional groups attached to an aromatic ring is 1. The molecule has 3 amide bonds. The highest BCUT2D eigenvalue weighted by atomic mass is 19.4. The molecule has 1 saturated heterocycles. The topological polar surface area (TPSA) is 94.3 Å². The first-order valence-electron chi connectivity index (χ1n) is 8.26. The van der Waals surface area contributed by atoms with Crippen molar-refractivity contribution in [2.45, 2.75) is 32.3 Å². The molecule has 0 bridgehead atoms. The molecule has 3 N–H and O–H groups in total. The Labute approximate surface area is 158 Å². The van der Waals surface area contributed by atoms with Crippen LogP contribution in [-0.4, -0.2) is 28.8 Å². The van der Waals surface area contributed by atoms with Gasteiger partial charge in [0.2, 0.25) is 0 Å². The van der Waals surface area contributed by atoms with Crippen molar-refractivity contribution in [3.8, 4) is 5.75 Å². The minimum absolute atomic E-state index is 0.0461. The number of nitrogens with one attached hydrogen (secondary N) is 1. The molecule has 2 heterocycles. The highest BCUT2D eigenvalue weighted by Crippen LogP contribution is 2.39. The zero-order chi connectivity index (χ0) is 20.7. The summed E-state index contributed by atoms with van der Waals surface area (Å²) in [6, 6.07) is 6.08. The molecule has 1 aromatic carbocycles. The van der Waals surface area contributed by atoms with Gasteiger partial charge in [0.1, 0.15) is 6.54 Å². The Hall–Kier alpha value is -3.14. The number of pyridine rings is 1. The molecule has 148 valence electrons. The number of quaternary nitrogens is 1. The van der Waals surface area contributed by atoms with Gasteiger partial charge in [0.05, 0.1) is 5.69 Å². The van der Waals surface area contributed by atoms with E-state index in [1.807, 2.05) is 0 Å². The number of nitrogens with zero attached hydrogens (tertiary/aromatic N) is 2. The molecular formula is C18H18F3N4O3+. The van der Waals surface area contributed by atoms with Gasteiger partial charge >= 0.3 is 18.3 Å². The monoisotopic (exact) mass is 395 g/mol. The van der Waals surface area contributed by atoms with Gasteiger partial charge < -0.3 is 10.5 Å². The number of aromatic nitrogens is 1. The molecule has 10 heteroatoms. The molecule has 2 aromatic rings.